The van der Waals surface area contributed by atoms with Crippen LogP contribution in [0.2, 0.25) is 5.02 Å². The Hall–Kier alpha value is -2.88. The Morgan fingerprint density at radius 3 is 2.49 bits per heavy atom. The summed E-state index contributed by atoms with van der Waals surface area (Å²) in [6.07, 6.45) is 4.59. The van der Waals surface area contributed by atoms with Crippen LogP contribution >= 0.6 is 11.6 Å². The maximum absolute atomic E-state index is 13.3. The van der Waals surface area contributed by atoms with Crippen LogP contribution in [0.3, 0.4) is 0 Å². The third-order valence-electron chi connectivity index (χ3n) is 6.84. The van der Waals surface area contributed by atoms with Crippen LogP contribution in [0.5, 0.6) is 0 Å². The Morgan fingerprint density at radius 1 is 1.11 bits per heavy atom. The fraction of sp³-hybridized carbons (Fsp3) is 0.407. The molecule has 1 aliphatic carbocycles. The van der Waals surface area contributed by atoms with Gasteiger partial charge < -0.3 is 15.4 Å². The third kappa shape index (κ3) is 6.17. The highest BCUT2D eigenvalue weighted by Gasteiger charge is 2.27. The van der Waals surface area contributed by atoms with Crippen LogP contribution in [0.1, 0.15) is 51.5 Å². The van der Waals surface area contributed by atoms with E-state index >= 15 is 0 Å². The predicted octanol–water partition coefficient (Wildman–Crippen LogP) is 4.87. The fourth-order valence-electron chi connectivity index (χ4n) is 4.90. The summed E-state index contributed by atoms with van der Waals surface area (Å²) >= 11 is 6.36. The summed E-state index contributed by atoms with van der Waals surface area (Å²) in [7, 11) is -3.86. The molecule has 4 rings (SSSR count). The molecule has 0 unspecified atom stereocenters. The van der Waals surface area contributed by atoms with Crippen LogP contribution in [0.4, 0.5) is 0 Å². The number of benzene rings is 2. The number of aliphatic carboxylic acids is 1. The summed E-state index contributed by atoms with van der Waals surface area (Å²) in [5.41, 5.74) is 2.56. The van der Waals surface area contributed by atoms with Crippen LogP contribution in [0.25, 0.3) is 22.2 Å². The van der Waals surface area contributed by atoms with Crippen LogP contribution in [0.15, 0.2) is 47.4 Å². The van der Waals surface area contributed by atoms with Crippen molar-refractivity contribution in [1.82, 2.24) is 15.0 Å². The number of aromatic amines is 1. The second-order valence-electron chi connectivity index (χ2n) is 9.93. The summed E-state index contributed by atoms with van der Waals surface area (Å²) < 4.78 is 29.3. The standard InChI is InChI=1S/C27H32ClN3O5S/c1-16(2)25(27(33)34)30-24(32)15-20-19-10-6-7-11-22(19)29-26(20)17-12-13-21(28)23(14-17)37(35,36)31-18-8-4-3-5-9-18/h6-7,10-14,16,18,25,29,31H,3-5,8-9,15H2,1-2H3,(H,30,32)(H,33,34)/t25-/m0/s1. The minimum atomic E-state index is -3.86. The number of H-pyrrole nitrogens is 1. The van der Waals surface area contributed by atoms with Crippen LogP contribution in [-0.2, 0) is 26.0 Å². The molecule has 1 heterocycles. The maximum atomic E-state index is 13.3. The lowest BCUT2D eigenvalue weighted by atomic mass is 9.96. The number of fused-ring (bicyclic) bond motifs is 1. The Kier molecular flexibility index (Phi) is 8.26. The van der Waals surface area contributed by atoms with Crippen molar-refractivity contribution in [2.75, 3.05) is 0 Å². The number of aromatic nitrogens is 1. The van der Waals surface area contributed by atoms with E-state index in [-0.39, 0.29) is 28.3 Å². The Labute approximate surface area is 221 Å². The number of nitrogens with one attached hydrogen (secondary N) is 3. The Morgan fingerprint density at radius 2 is 1.81 bits per heavy atom. The van der Waals surface area contributed by atoms with E-state index in [9.17, 15) is 23.1 Å². The molecule has 0 spiro atoms. The van der Waals surface area contributed by atoms with Crippen molar-refractivity contribution >= 4 is 44.4 Å². The number of carboxylic acids is 1. The second kappa shape index (κ2) is 11.2. The van der Waals surface area contributed by atoms with E-state index in [1.165, 1.54) is 6.07 Å². The average molecular weight is 546 g/mol. The number of hydrogen-bond donors (Lipinski definition) is 4. The summed E-state index contributed by atoms with van der Waals surface area (Å²) in [5.74, 6) is -1.82. The number of halogens is 1. The van der Waals surface area contributed by atoms with Gasteiger partial charge in [0.15, 0.2) is 0 Å². The molecule has 0 saturated heterocycles. The highest BCUT2D eigenvalue weighted by Crippen LogP contribution is 2.34. The van der Waals surface area contributed by atoms with E-state index in [2.05, 4.69) is 15.0 Å². The van der Waals surface area contributed by atoms with Gasteiger partial charge >= 0.3 is 5.97 Å². The molecule has 1 fully saturated rings. The van der Waals surface area contributed by atoms with Crippen molar-refractivity contribution in [2.45, 2.75) is 69.4 Å². The highest BCUT2D eigenvalue weighted by atomic mass is 35.5. The first-order valence-corrected chi connectivity index (χ1v) is 14.4. The van der Waals surface area contributed by atoms with E-state index in [0.717, 1.165) is 43.0 Å². The summed E-state index contributed by atoms with van der Waals surface area (Å²) in [5, 5.41) is 13.0. The molecule has 1 aromatic heterocycles. The van der Waals surface area contributed by atoms with Crippen LogP contribution < -0.4 is 10.0 Å². The van der Waals surface area contributed by atoms with E-state index in [1.54, 1.807) is 26.0 Å². The number of para-hydroxylation sites is 1. The molecule has 198 valence electrons. The minimum absolute atomic E-state index is 0.0166. The number of carboxylic acid groups (broad SMARTS) is 1. The lowest BCUT2D eigenvalue weighted by Gasteiger charge is -2.23. The van der Waals surface area contributed by atoms with Gasteiger partial charge in [-0.25, -0.2) is 17.9 Å². The lowest BCUT2D eigenvalue weighted by Crippen LogP contribution is -2.44. The van der Waals surface area contributed by atoms with Crippen LogP contribution in [0, 0.1) is 5.92 Å². The van der Waals surface area contributed by atoms with Gasteiger partial charge in [-0.05, 0) is 48.1 Å². The number of carbonyl (C=O) groups is 2. The predicted molar refractivity (Wildman–Crippen MR) is 144 cm³/mol. The van der Waals surface area contributed by atoms with Crippen molar-refractivity contribution in [2.24, 2.45) is 5.92 Å². The van der Waals surface area contributed by atoms with Crippen molar-refractivity contribution in [3.63, 3.8) is 0 Å². The largest absolute Gasteiger partial charge is 0.480 e. The van der Waals surface area contributed by atoms with Crippen molar-refractivity contribution in [3.8, 4) is 11.3 Å². The molecule has 3 aromatic rings. The second-order valence-corrected chi connectivity index (χ2v) is 12.0. The van der Waals surface area contributed by atoms with Gasteiger partial charge in [-0.2, -0.15) is 0 Å². The van der Waals surface area contributed by atoms with E-state index in [4.69, 9.17) is 11.6 Å². The molecule has 1 aliphatic rings. The number of rotatable bonds is 9. The molecule has 0 radical (unpaired) electrons. The van der Waals surface area contributed by atoms with Gasteiger partial charge in [0.1, 0.15) is 10.9 Å². The molecule has 8 nitrogen and oxygen atoms in total. The number of hydrogen-bond acceptors (Lipinski definition) is 4. The summed E-state index contributed by atoms with van der Waals surface area (Å²) in [6.45, 7) is 3.46. The topological polar surface area (TPSA) is 128 Å². The van der Waals surface area contributed by atoms with Gasteiger partial charge in [0.25, 0.3) is 0 Å². The van der Waals surface area contributed by atoms with Gasteiger partial charge in [-0.1, -0.05) is 69.0 Å². The maximum Gasteiger partial charge on any atom is 0.326 e. The molecule has 0 aliphatic heterocycles. The zero-order valence-electron chi connectivity index (χ0n) is 20.9. The van der Waals surface area contributed by atoms with Gasteiger partial charge in [-0.3, -0.25) is 4.79 Å². The monoisotopic (exact) mass is 545 g/mol. The molecule has 37 heavy (non-hydrogen) atoms. The first-order chi connectivity index (χ1) is 17.6. The van der Waals surface area contributed by atoms with E-state index < -0.39 is 27.9 Å². The number of sulfonamides is 1. The van der Waals surface area contributed by atoms with Crippen LogP contribution in [-0.4, -0.2) is 42.5 Å². The van der Waals surface area contributed by atoms with E-state index in [1.807, 2.05) is 24.3 Å². The minimum Gasteiger partial charge on any atom is -0.480 e. The normalized spacial score (nSPS) is 15.7. The average Bonchev–Trinajstić information content (AvgIpc) is 3.21. The molecule has 4 N–H and O–H groups in total. The molecule has 2 aromatic carbocycles. The zero-order chi connectivity index (χ0) is 26.7. The van der Waals surface area contributed by atoms with Gasteiger partial charge in [-0.15, -0.1) is 0 Å². The molecule has 1 amide bonds. The molecule has 10 heteroatoms. The van der Waals surface area contributed by atoms with Gasteiger partial charge in [0, 0.05) is 16.9 Å². The van der Waals surface area contributed by atoms with Crippen molar-refractivity contribution < 1.29 is 23.1 Å². The first-order valence-electron chi connectivity index (χ1n) is 12.5. The summed E-state index contributed by atoms with van der Waals surface area (Å²) in [6, 6.07) is 11.1. The number of carbonyl (C=O) groups excluding carboxylic acids is 1. The summed E-state index contributed by atoms with van der Waals surface area (Å²) in [4.78, 5) is 27.8. The highest BCUT2D eigenvalue weighted by molar-refractivity contribution is 7.89. The Balaban J connectivity index is 1.71. The molecule has 0 bridgehead atoms. The zero-order valence-corrected chi connectivity index (χ0v) is 22.5. The first kappa shape index (κ1) is 27.2. The lowest BCUT2D eigenvalue weighted by molar-refractivity contribution is -0.143. The fourth-order valence-corrected chi connectivity index (χ4v) is 6.73. The molecular formula is C27H32ClN3O5S. The number of amides is 1. The third-order valence-corrected chi connectivity index (χ3v) is 8.84. The van der Waals surface area contributed by atoms with Crippen molar-refractivity contribution in [1.29, 1.82) is 0 Å². The molecule has 1 atom stereocenters. The Bertz CT molecular complexity index is 1410. The molecule has 1 saturated carbocycles. The van der Waals surface area contributed by atoms with Gasteiger partial charge in [0.2, 0.25) is 15.9 Å². The SMILES string of the molecule is CC(C)[C@H](NC(=O)Cc1c(-c2ccc(Cl)c(S(=O)(=O)NC3CCCCC3)c2)[nH]c2ccccc12)C(=O)O. The quantitative estimate of drug-likeness (QED) is 0.305. The van der Waals surface area contributed by atoms with Gasteiger partial charge in [0.05, 0.1) is 17.1 Å². The van der Waals surface area contributed by atoms with E-state index in [0.29, 0.717) is 16.8 Å². The molecular weight excluding hydrogens is 514 g/mol. The van der Waals surface area contributed by atoms with Crippen molar-refractivity contribution in [3.05, 3.63) is 53.1 Å². The smallest absolute Gasteiger partial charge is 0.326 e.